The molecule has 0 aliphatic carbocycles. The molecule has 0 unspecified atom stereocenters. The van der Waals surface area contributed by atoms with Crippen LogP contribution in [0.2, 0.25) is 0 Å². The number of aromatic nitrogens is 2. The van der Waals surface area contributed by atoms with E-state index in [1.165, 1.54) is 11.1 Å². The second-order valence-electron chi connectivity index (χ2n) is 4.85. The first-order valence-electron chi connectivity index (χ1n) is 6.75. The van der Waals surface area contributed by atoms with Gasteiger partial charge >= 0.3 is 0 Å². The van der Waals surface area contributed by atoms with E-state index in [0.717, 1.165) is 6.42 Å². The Bertz CT molecular complexity index is 581. The van der Waals surface area contributed by atoms with Crippen molar-refractivity contribution in [3.05, 3.63) is 54.1 Å². The molecular weight excluding hydrogens is 254 g/mol. The van der Waals surface area contributed by atoms with Crippen molar-refractivity contribution in [2.24, 2.45) is 0 Å². The van der Waals surface area contributed by atoms with E-state index < -0.39 is 0 Å². The zero-order valence-electron chi connectivity index (χ0n) is 11.2. The molecule has 0 bridgehead atoms. The molecule has 1 atom stereocenters. The number of rotatable bonds is 4. The van der Waals surface area contributed by atoms with Crippen molar-refractivity contribution in [2.75, 3.05) is 13.2 Å². The summed E-state index contributed by atoms with van der Waals surface area (Å²) < 4.78 is 7.50. The van der Waals surface area contributed by atoms with Crippen LogP contribution < -0.4 is 5.32 Å². The van der Waals surface area contributed by atoms with Gasteiger partial charge in [-0.25, -0.2) is 4.98 Å². The Morgan fingerprint density at radius 1 is 1.45 bits per heavy atom. The Morgan fingerprint density at radius 2 is 2.35 bits per heavy atom. The third-order valence-electron chi connectivity index (χ3n) is 3.46. The summed E-state index contributed by atoms with van der Waals surface area (Å²) in [4.78, 5) is 15.8. The smallest absolute Gasteiger partial charge is 0.240 e. The van der Waals surface area contributed by atoms with E-state index in [9.17, 15) is 4.79 Å². The molecule has 1 aliphatic heterocycles. The lowest BCUT2D eigenvalue weighted by atomic mass is 9.97. The quantitative estimate of drug-likeness (QED) is 0.912. The van der Waals surface area contributed by atoms with Crippen molar-refractivity contribution in [2.45, 2.75) is 19.1 Å². The number of nitrogens with one attached hydrogen (secondary N) is 1. The first-order valence-corrected chi connectivity index (χ1v) is 6.75. The molecule has 1 amide bonds. The van der Waals surface area contributed by atoms with Gasteiger partial charge in [0.25, 0.3) is 0 Å². The number of carbonyl (C=O) groups excluding carboxylic acids is 1. The molecule has 0 saturated carbocycles. The van der Waals surface area contributed by atoms with Gasteiger partial charge in [-0.2, -0.15) is 0 Å². The molecule has 3 rings (SSSR count). The maximum atomic E-state index is 11.8. The van der Waals surface area contributed by atoms with E-state index in [2.05, 4.69) is 22.4 Å². The molecule has 2 heterocycles. The molecule has 1 aromatic heterocycles. The van der Waals surface area contributed by atoms with E-state index >= 15 is 0 Å². The summed E-state index contributed by atoms with van der Waals surface area (Å²) in [5.74, 6) is -0.0327. The highest BCUT2D eigenvalue weighted by Crippen LogP contribution is 2.26. The third-order valence-corrected chi connectivity index (χ3v) is 3.46. The molecule has 0 fully saturated rings. The number of fused-ring (bicyclic) bond motifs is 1. The molecule has 104 valence electrons. The zero-order chi connectivity index (χ0) is 13.8. The van der Waals surface area contributed by atoms with Crippen LogP contribution in [0.15, 0.2) is 43.0 Å². The predicted molar refractivity (Wildman–Crippen MR) is 74.1 cm³/mol. The van der Waals surface area contributed by atoms with Gasteiger partial charge in [0.1, 0.15) is 12.6 Å². The highest BCUT2D eigenvalue weighted by Gasteiger charge is 2.20. The molecule has 0 saturated heterocycles. The van der Waals surface area contributed by atoms with Crippen LogP contribution in [0.5, 0.6) is 0 Å². The van der Waals surface area contributed by atoms with Gasteiger partial charge in [-0.1, -0.05) is 24.3 Å². The van der Waals surface area contributed by atoms with Crippen molar-refractivity contribution >= 4 is 5.91 Å². The van der Waals surface area contributed by atoms with E-state index in [0.29, 0.717) is 13.2 Å². The van der Waals surface area contributed by atoms with E-state index in [-0.39, 0.29) is 18.6 Å². The van der Waals surface area contributed by atoms with E-state index in [4.69, 9.17) is 4.74 Å². The molecule has 5 nitrogen and oxygen atoms in total. The zero-order valence-corrected chi connectivity index (χ0v) is 11.2. The number of ether oxygens (including phenoxy) is 1. The monoisotopic (exact) mass is 271 g/mol. The van der Waals surface area contributed by atoms with Gasteiger partial charge < -0.3 is 14.6 Å². The fourth-order valence-corrected chi connectivity index (χ4v) is 2.45. The number of imidazole rings is 1. The van der Waals surface area contributed by atoms with E-state index in [1.807, 2.05) is 12.1 Å². The minimum Gasteiger partial charge on any atom is -0.371 e. The number of amides is 1. The largest absolute Gasteiger partial charge is 0.371 e. The van der Waals surface area contributed by atoms with Crippen molar-refractivity contribution < 1.29 is 9.53 Å². The number of hydrogen-bond acceptors (Lipinski definition) is 3. The first kappa shape index (κ1) is 12.9. The summed E-state index contributed by atoms with van der Waals surface area (Å²) in [6.45, 7) is 1.50. The molecule has 1 aromatic carbocycles. The fourth-order valence-electron chi connectivity index (χ4n) is 2.45. The average Bonchev–Trinajstić information content (AvgIpc) is 2.98. The Balaban J connectivity index is 1.58. The summed E-state index contributed by atoms with van der Waals surface area (Å²) in [5.41, 5.74) is 2.49. The van der Waals surface area contributed by atoms with Crippen LogP contribution in [0, 0.1) is 0 Å². The predicted octanol–water partition coefficient (Wildman–Crippen LogP) is 1.31. The van der Waals surface area contributed by atoms with Gasteiger partial charge in [0.15, 0.2) is 0 Å². The van der Waals surface area contributed by atoms with Crippen LogP contribution in [0.4, 0.5) is 0 Å². The molecule has 5 heteroatoms. The van der Waals surface area contributed by atoms with Crippen molar-refractivity contribution in [1.29, 1.82) is 0 Å². The minimum absolute atomic E-state index is 0.0327. The summed E-state index contributed by atoms with van der Waals surface area (Å²) in [5, 5.41) is 2.92. The average molecular weight is 271 g/mol. The molecular formula is C15H17N3O2. The van der Waals surface area contributed by atoms with Crippen LogP contribution in [-0.2, 0) is 22.5 Å². The summed E-state index contributed by atoms with van der Waals surface area (Å²) in [7, 11) is 0. The van der Waals surface area contributed by atoms with Gasteiger partial charge in [0, 0.05) is 18.9 Å². The van der Waals surface area contributed by atoms with Gasteiger partial charge in [0.2, 0.25) is 5.91 Å². The fraction of sp³-hybridized carbons (Fsp3) is 0.333. The molecule has 0 radical (unpaired) electrons. The minimum atomic E-state index is -0.0494. The summed E-state index contributed by atoms with van der Waals surface area (Å²) >= 11 is 0. The van der Waals surface area contributed by atoms with Gasteiger partial charge in [0.05, 0.1) is 12.9 Å². The molecule has 1 N–H and O–H groups in total. The van der Waals surface area contributed by atoms with Crippen LogP contribution in [0.1, 0.15) is 17.2 Å². The molecule has 1 aliphatic rings. The lowest BCUT2D eigenvalue weighted by molar-refractivity contribution is -0.122. The van der Waals surface area contributed by atoms with Crippen molar-refractivity contribution in [1.82, 2.24) is 14.9 Å². The van der Waals surface area contributed by atoms with Gasteiger partial charge in [-0.05, 0) is 17.5 Å². The van der Waals surface area contributed by atoms with Crippen molar-refractivity contribution in [3.63, 3.8) is 0 Å². The molecule has 20 heavy (non-hydrogen) atoms. The van der Waals surface area contributed by atoms with Crippen LogP contribution >= 0.6 is 0 Å². The highest BCUT2D eigenvalue weighted by atomic mass is 16.5. The number of benzene rings is 1. The van der Waals surface area contributed by atoms with E-state index in [1.54, 1.807) is 23.3 Å². The van der Waals surface area contributed by atoms with Crippen LogP contribution in [0.25, 0.3) is 0 Å². The number of nitrogens with zero attached hydrogens (tertiary/aromatic N) is 2. The standard InChI is InChI=1S/C15H17N3O2/c19-15(10-18-7-6-16-11-18)17-9-14-13-4-2-1-3-12(13)5-8-20-14/h1-4,6-7,11,14H,5,8-10H2,(H,17,19)/t14-/m0/s1. The van der Waals surface area contributed by atoms with Gasteiger partial charge in [-0.3, -0.25) is 4.79 Å². The highest BCUT2D eigenvalue weighted by molar-refractivity contribution is 5.75. The second-order valence-corrected chi connectivity index (χ2v) is 4.85. The maximum absolute atomic E-state index is 11.8. The summed E-state index contributed by atoms with van der Waals surface area (Å²) in [6, 6.07) is 8.24. The topological polar surface area (TPSA) is 56.2 Å². The number of hydrogen-bond donors (Lipinski definition) is 1. The van der Waals surface area contributed by atoms with Crippen LogP contribution in [-0.4, -0.2) is 28.6 Å². The summed E-state index contributed by atoms with van der Waals surface area (Å²) in [6.07, 6.45) is 5.95. The molecule has 0 spiro atoms. The first-order chi connectivity index (χ1) is 9.83. The normalized spacial score (nSPS) is 17.5. The SMILES string of the molecule is O=C(Cn1ccnc1)NC[C@@H]1OCCc2ccccc21. The lowest BCUT2D eigenvalue weighted by Crippen LogP contribution is -2.33. The third kappa shape index (κ3) is 2.88. The maximum Gasteiger partial charge on any atom is 0.240 e. The molecule has 2 aromatic rings. The Labute approximate surface area is 117 Å². The second kappa shape index (κ2) is 5.88. The lowest BCUT2D eigenvalue weighted by Gasteiger charge is -2.26. The Morgan fingerprint density at radius 3 is 3.20 bits per heavy atom. The van der Waals surface area contributed by atoms with Gasteiger partial charge in [-0.15, -0.1) is 0 Å². The number of carbonyl (C=O) groups is 1. The van der Waals surface area contributed by atoms with Crippen LogP contribution in [0.3, 0.4) is 0 Å². The Hall–Kier alpha value is -2.14. The Kier molecular flexibility index (Phi) is 3.78. The van der Waals surface area contributed by atoms with Crippen molar-refractivity contribution in [3.8, 4) is 0 Å².